The number of hydrogen-bond donors (Lipinski definition) is 1. The van der Waals surface area contributed by atoms with Gasteiger partial charge in [0.1, 0.15) is 5.92 Å². The van der Waals surface area contributed by atoms with Crippen molar-refractivity contribution in [3.63, 3.8) is 0 Å². The summed E-state index contributed by atoms with van der Waals surface area (Å²) in [6.45, 7) is 5.46. The SMILES string of the molecule is CCCOC(=O)C1=C(C)NC2=C(C(=O)[C@H](C(=O)OC)[C@H](C)C2)[C@H]1c1ccccc1[N+](=O)[O-]. The highest BCUT2D eigenvalue weighted by Crippen LogP contribution is 2.47. The highest BCUT2D eigenvalue weighted by molar-refractivity contribution is 6.12. The second kappa shape index (κ2) is 9.33. The van der Waals surface area contributed by atoms with Crippen LogP contribution in [0.25, 0.3) is 0 Å². The third-order valence-electron chi connectivity index (χ3n) is 5.84. The molecule has 0 amide bonds. The molecule has 1 aromatic carbocycles. The standard InChI is InChI=1S/C23H26N2O7/c1-5-10-32-23(28)18-13(3)24-15-11-12(2)17(22(27)31-4)21(26)20(15)19(18)14-8-6-7-9-16(14)25(29)30/h6-9,12,17,19,24H,5,10-11H2,1-4H3/t12-,17-,19+/m1/s1. The Morgan fingerprint density at radius 3 is 2.59 bits per heavy atom. The molecule has 1 aromatic rings. The molecule has 170 valence electrons. The summed E-state index contributed by atoms with van der Waals surface area (Å²) in [5.74, 6) is -4.27. The van der Waals surface area contributed by atoms with E-state index in [1.54, 1.807) is 19.9 Å². The first-order valence-corrected chi connectivity index (χ1v) is 10.5. The van der Waals surface area contributed by atoms with Crippen LogP contribution in [-0.2, 0) is 23.9 Å². The molecule has 0 saturated heterocycles. The van der Waals surface area contributed by atoms with Gasteiger partial charge in [-0.05, 0) is 25.7 Å². The number of nitro benzene ring substituents is 1. The molecule has 1 heterocycles. The number of rotatable bonds is 6. The van der Waals surface area contributed by atoms with Crippen molar-refractivity contribution in [2.75, 3.05) is 13.7 Å². The fraction of sp³-hybridized carbons (Fsp3) is 0.435. The van der Waals surface area contributed by atoms with Gasteiger partial charge in [-0.1, -0.05) is 32.0 Å². The van der Waals surface area contributed by atoms with Gasteiger partial charge in [0.2, 0.25) is 0 Å². The van der Waals surface area contributed by atoms with Crippen LogP contribution in [-0.4, -0.2) is 36.4 Å². The quantitative estimate of drug-likeness (QED) is 0.308. The number of benzene rings is 1. The Labute approximate surface area is 185 Å². The minimum atomic E-state index is -1.06. The molecule has 2 aliphatic rings. The van der Waals surface area contributed by atoms with Crippen LogP contribution in [0.1, 0.15) is 45.1 Å². The summed E-state index contributed by atoms with van der Waals surface area (Å²) in [4.78, 5) is 50.3. The number of dihydropyridines is 1. The van der Waals surface area contributed by atoms with Gasteiger partial charge >= 0.3 is 11.9 Å². The Morgan fingerprint density at radius 2 is 1.97 bits per heavy atom. The van der Waals surface area contributed by atoms with Crippen molar-refractivity contribution >= 4 is 23.4 Å². The smallest absolute Gasteiger partial charge is 0.336 e. The summed E-state index contributed by atoms with van der Waals surface area (Å²) in [6, 6.07) is 5.99. The van der Waals surface area contributed by atoms with Gasteiger partial charge in [-0.2, -0.15) is 0 Å². The molecule has 32 heavy (non-hydrogen) atoms. The molecular weight excluding hydrogens is 416 g/mol. The minimum Gasteiger partial charge on any atom is -0.468 e. The maximum atomic E-state index is 13.6. The fourth-order valence-corrected chi connectivity index (χ4v) is 4.43. The number of Topliss-reactive ketones (excluding diaryl/α,β-unsaturated/α-hetero) is 1. The zero-order valence-electron chi connectivity index (χ0n) is 18.5. The first-order valence-electron chi connectivity index (χ1n) is 10.5. The van der Waals surface area contributed by atoms with Gasteiger partial charge in [-0.25, -0.2) is 4.79 Å². The van der Waals surface area contributed by atoms with Gasteiger partial charge in [-0.15, -0.1) is 0 Å². The molecule has 0 spiro atoms. The molecule has 0 fully saturated rings. The predicted octanol–water partition coefficient (Wildman–Crippen LogP) is 3.16. The van der Waals surface area contributed by atoms with Crippen LogP contribution >= 0.6 is 0 Å². The summed E-state index contributed by atoms with van der Waals surface area (Å²) in [7, 11) is 1.21. The maximum Gasteiger partial charge on any atom is 0.336 e. The summed E-state index contributed by atoms with van der Waals surface area (Å²) in [5, 5.41) is 14.9. The minimum absolute atomic E-state index is 0.123. The summed E-state index contributed by atoms with van der Waals surface area (Å²) in [5.41, 5.74) is 1.28. The van der Waals surface area contributed by atoms with E-state index in [1.165, 1.54) is 25.3 Å². The van der Waals surface area contributed by atoms with Crippen LogP contribution in [0.4, 0.5) is 5.69 Å². The summed E-state index contributed by atoms with van der Waals surface area (Å²) < 4.78 is 10.2. The van der Waals surface area contributed by atoms with Crippen LogP contribution in [0.2, 0.25) is 0 Å². The number of hydrogen-bond acceptors (Lipinski definition) is 8. The number of nitrogens with zero attached hydrogens (tertiary/aromatic N) is 1. The van der Waals surface area contributed by atoms with Crippen molar-refractivity contribution in [3.05, 3.63) is 62.5 Å². The van der Waals surface area contributed by atoms with E-state index in [9.17, 15) is 24.5 Å². The average molecular weight is 442 g/mol. The Hall–Kier alpha value is -3.49. The molecule has 9 nitrogen and oxygen atoms in total. The van der Waals surface area contributed by atoms with Crippen molar-refractivity contribution in [2.24, 2.45) is 11.8 Å². The number of allylic oxidation sites excluding steroid dienone is 3. The van der Waals surface area contributed by atoms with Gasteiger partial charge in [0, 0.05) is 28.6 Å². The zero-order chi connectivity index (χ0) is 23.6. The first-order chi connectivity index (χ1) is 15.2. The second-order valence-corrected chi connectivity index (χ2v) is 7.99. The number of para-hydroxylation sites is 1. The van der Waals surface area contributed by atoms with Crippen molar-refractivity contribution in [2.45, 2.75) is 39.5 Å². The maximum absolute atomic E-state index is 13.6. The molecule has 9 heteroatoms. The highest BCUT2D eigenvalue weighted by Gasteiger charge is 2.48. The van der Waals surface area contributed by atoms with Crippen LogP contribution in [0.15, 0.2) is 46.8 Å². The Morgan fingerprint density at radius 1 is 1.28 bits per heavy atom. The molecular formula is C23H26N2O7. The Kier molecular flexibility index (Phi) is 6.76. The molecule has 0 aromatic heterocycles. The number of carbonyl (C=O) groups excluding carboxylic acids is 3. The van der Waals surface area contributed by atoms with E-state index < -0.39 is 34.5 Å². The largest absolute Gasteiger partial charge is 0.468 e. The lowest BCUT2D eigenvalue weighted by atomic mass is 9.69. The van der Waals surface area contributed by atoms with E-state index >= 15 is 0 Å². The summed E-state index contributed by atoms with van der Waals surface area (Å²) in [6.07, 6.45) is 0.947. The lowest BCUT2D eigenvalue weighted by molar-refractivity contribution is -0.385. The molecule has 1 N–H and O–H groups in total. The van der Waals surface area contributed by atoms with Gasteiger partial charge in [0.25, 0.3) is 5.69 Å². The Bertz CT molecular complexity index is 1040. The van der Waals surface area contributed by atoms with Crippen LogP contribution in [0, 0.1) is 22.0 Å². The zero-order valence-corrected chi connectivity index (χ0v) is 18.5. The van der Waals surface area contributed by atoms with Crippen LogP contribution in [0.3, 0.4) is 0 Å². The highest BCUT2D eigenvalue weighted by atomic mass is 16.6. The normalized spacial score (nSPS) is 22.8. The lowest BCUT2D eigenvalue weighted by Gasteiger charge is -2.38. The molecule has 0 radical (unpaired) electrons. The number of ketones is 1. The average Bonchev–Trinajstić information content (AvgIpc) is 2.76. The number of nitro groups is 1. The fourth-order valence-electron chi connectivity index (χ4n) is 4.43. The summed E-state index contributed by atoms with van der Waals surface area (Å²) >= 11 is 0. The predicted molar refractivity (Wildman–Crippen MR) is 114 cm³/mol. The van der Waals surface area contributed by atoms with Crippen molar-refractivity contribution in [1.29, 1.82) is 0 Å². The van der Waals surface area contributed by atoms with E-state index in [1.807, 2.05) is 6.92 Å². The van der Waals surface area contributed by atoms with Gasteiger partial charge < -0.3 is 14.8 Å². The van der Waals surface area contributed by atoms with E-state index in [-0.39, 0.29) is 34.9 Å². The molecule has 1 aliphatic heterocycles. The Balaban J connectivity index is 2.24. The van der Waals surface area contributed by atoms with E-state index in [4.69, 9.17) is 9.47 Å². The third-order valence-corrected chi connectivity index (χ3v) is 5.84. The molecule has 0 saturated carbocycles. The van der Waals surface area contributed by atoms with Crippen molar-refractivity contribution < 1.29 is 28.8 Å². The number of carbonyl (C=O) groups is 3. The molecule has 3 rings (SSSR count). The van der Waals surface area contributed by atoms with Crippen molar-refractivity contribution in [1.82, 2.24) is 5.32 Å². The first kappa shape index (κ1) is 23.2. The van der Waals surface area contributed by atoms with Crippen LogP contribution < -0.4 is 5.32 Å². The van der Waals surface area contributed by atoms with Gasteiger partial charge in [0.15, 0.2) is 5.78 Å². The molecule has 0 unspecified atom stereocenters. The van der Waals surface area contributed by atoms with Crippen LogP contribution in [0.5, 0.6) is 0 Å². The number of methoxy groups -OCH3 is 1. The van der Waals surface area contributed by atoms with E-state index in [0.29, 0.717) is 24.2 Å². The van der Waals surface area contributed by atoms with E-state index in [0.717, 1.165) is 0 Å². The lowest BCUT2D eigenvalue weighted by Crippen LogP contribution is -2.43. The number of nitrogens with one attached hydrogen (secondary N) is 1. The second-order valence-electron chi connectivity index (χ2n) is 7.99. The monoisotopic (exact) mass is 442 g/mol. The third kappa shape index (κ3) is 4.02. The topological polar surface area (TPSA) is 125 Å². The molecule has 0 bridgehead atoms. The van der Waals surface area contributed by atoms with Gasteiger partial charge in [-0.3, -0.25) is 19.7 Å². The van der Waals surface area contributed by atoms with Gasteiger partial charge in [0.05, 0.1) is 30.1 Å². The molecule has 3 atom stereocenters. The number of ether oxygens (including phenoxy) is 2. The van der Waals surface area contributed by atoms with Crippen molar-refractivity contribution in [3.8, 4) is 0 Å². The van der Waals surface area contributed by atoms with E-state index in [2.05, 4.69) is 5.32 Å². The number of esters is 2. The molecule has 1 aliphatic carbocycles.